The first-order chi connectivity index (χ1) is 14.6. The maximum atomic E-state index is 12.9. The molecule has 0 bridgehead atoms. The highest BCUT2D eigenvalue weighted by atomic mass is 16.2. The Kier molecular flexibility index (Phi) is 4.42. The highest BCUT2D eigenvalue weighted by molar-refractivity contribution is 5.93. The van der Waals surface area contributed by atoms with Gasteiger partial charge in [0.25, 0.3) is 11.5 Å². The quantitative estimate of drug-likeness (QED) is 0.698. The number of carbonyl (C=O) groups is 2. The van der Waals surface area contributed by atoms with E-state index in [1.807, 2.05) is 41.4 Å². The van der Waals surface area contributed by atoms with Crippen LogP contribution in [0.3, 0.4) is 0 Å². The third kappa shape index (κ3) is 3.08. The number of amides is 2. The summed E-state index contributed by atoms with van der Waals surface area (Å²) in [6.45, 7) is 0.975. The number of hydrogen-bond acceptors (Lipinski definition) is 5. The van der Waals surface area contributed by atoms with E-state index in [4.69, 9.17) is 0 Å². The van der Waals surface area contributed by atoms with E-state index in [1.54, 1.807) is 15.8 Å². The molecule has 9 heteroatoms. The largest absolute Gasteiger partial charge is 0.333 e. The van der Waals surface area contributed by atoms with Crippen LogP contribution in [0.15, 0.2) is 59.9 Å². The normalized spacial score (nSPS) is 20.6. The molecule has 2 aromatic heterocycles. The number of aromatic nitrogens is 4. The fourth-order valence-corrected chi connectivity index (χ4v) is 4.44. The van der Waals surface area contributed by atoms with Gasteiger partial charge in [-0.1, -0.05) is 12.1 Å². The van der Waals surface area contributed by atoms with Gasteiger partial charge in [-0.05, 0) is 30.2 Å². The van der Waals surface area contributed by atoms with Crippen LogP contribution in [-0.4, -0.2) is 60.0 Å². The van der Waals surface area contributed by atoms with Crippen molar-refractivity contribution in [3.05, 3.63) is 76.7 Å². The van der Waals surface area contributed by atoms with Gasteiger partial charge in [0.15, 0.2) is 5.69 Å². The molecule has 0 saturated carbocycles. The zero-order chi connectivity index (χ0) is 20.7. The molecule has 0 radical (unpaired) electrons. The van der Waals surface area contributed by atoms with E-state index in [2.05, 4.69) is 15.1 Å². The molecule has 30 heavy (non-hydrogen) atoms. The van der Waals surface area contributed by atoms with Crippen molar-refractivity contribution in [2.24, 2.45) is 0 Å². The second-order valence-electron chi connectivity index (χ2n) is 7.54. The number of benzene rings is 1. The standard InChI is InChI=1S/C21H20N6O3/c28-18-12-17-16(5-10-25(17)21(30)19-20(29)23-8-7-22-19)26(18)13-14-3-1-4-15(11-14)27-9-2-6-24-27/h1-4,6-9,11,16-17H,5,10,12-13H2,(H,23,29)/t16-,17-/m0/s1. The number of fused-ring (bicyclic) bond motifs is 1. The third-order valence-corrected chi connectivity index (χ3v) is 5.82. The first-order valence-electron chi connectivity index (χ1n) is 9.85. The molecule has 2 fully saturated rings. The first kappa shape index (κ1) is 18.3. The number of hydrogen-bond donors (Lipinski definition) is 1. The highest BCUT2D eigenvalue weighted by Crippen LogP contribution is 2.34. The lowest BCUT2D eigenvalue weighted by Crippen LogP contribution is -2.41. The lowest BCUT2D eigenvalue weighted by atomic mass is 10.1. The number of nitrogens with one attached hydrogen (secondary N) is 1. The Labute approximate surface area is 172 Å². The second kappa shape index (κ2) is 7.25. The summed E-state index contributed by atoms with van der Waals surface area (Å²) in [7, 11) is 0. The fourth-order valence-electron chi connectivity index (χ4n) is 4.44. The van der Waals surface area contributed by atoms with Gasteiger partial charge in [0.05, 0.1) is 17.8 Å². The smallest absolute Gasteiger partial charge is 0.279 e. The monoisotopic (exact) mass is 404 g/mol. The average Bonchev–Trinajstić information content (AvgIpc) is 3.48. The molecular weight excluding hydrogens is 384 g/mol. The Hall–Kier alpha value is -3.75. The van der Waals surface area contributed by atoms with Crippen LogP contribution in [-0.2, 0) is 11.3 Å². The maximum absolute atomic E-state index is 12.9. The molecule has 1 aromatic carbocycles. The predicted molar refractivity (Wildman–Crippen MR) is 107 cm³/mol. The van der Waals surface area contributed by atoms with Crippen LogP contribution in [0.2, 0.25) is 0 Å². The summed E-state index contributed by atoms with van der Waals surface area (Å²) >= 11 is 0. The molecule has 1 N–H and O–H groups in total. The van der Waals surface area contributed by atoms with Gasteiger partial charge in [0.2, 0.25) is 5.91 Å². The van der Waals surface area contributed by atoms with Gasteiger partial charge >= 0.3 is 0 Å². The topological polar surface area (TPSA) is 104 Å². The molecule has 2 atom stereocenters. The van der Waals surface area contributed by atoms with Gasteiger partial charge in [-0.2, -0.15) is 5.10 Å². The van der Waals surface area contributed by atoms with Crippen molar-refractivity contribution in [1.29, 1.82) is 0 Å². The van der Waals surface area contributed by atoms with Crippen LogP contribution >= 0.6 is 0 Å². The lowest BCUT2D eigenvalue weighted by Gasteiger charge is -2.25. The SMILES string of the molecule is O=C1C[C@H]2[C@H](CCN2C(=O)c2ncc[nH]c2=O)N1Cc1cccc(-n2cccn2)c1. The molecule has 0 aliphatic carbocycles. The second-order valence-corrected chi connectivity index (χ2v) is 7.54. The summed E-state index contributed by atoms with van der Waals surface area (Å²) < 4.78 is 1.78. The molecular formula is C21H20N6O3. The fraction of sp³-hybridized carbons (Fsp3) is 0.286. The predicted octanol–water partition coefficient (Wildman–Crippen LogP) is 0.971. The summed E-state index contributed by atoms with van der Waals surface area (Å²) in [5.41, 5.74) is 1.29. The summed E-state index contributed by atoms with van der Waals surface area (Å²) in [5.74, 6) is -0.401. The van der Waals surface area contributed by atoms with Crippen LogP contribution in [0.4, 0.5) is 0 Å². The molecule has 0 unspecified atom stereocenters. The van der Waals surface area contributed by atoms with Crippen LogP contribution in [0.1, 0.15) is 28.9 Å². The molecule has 5 rings (SSSR count). The van der Waals surface area contributed by atoms with Crippen LogP contribution in [0, 0.1) is 0 Å². The summed E-state index contributed by atoms with van der Waals surface area (Å²) in [5, 5.41) is 4.25. The van der Waals surface area contributed by atoms with Gasteiger partial charge in [0.1, 0.15) is 0 Å². The molecule has 0 spiro atoms. The Morgan fingerprint density at radius 3 is 2.87 bits per heavy atom. The lowest BCUT2D eigenvalue weighted by molar-refractivity contribution is -0.129. The zero-order valence-electron chi connectivity index (χ0n) is 16.1. The van der Waals surface area contributed by atoms with Crippen LogP contribution in [0.25, 0.3) is 5.69 Å². The molecule has 2 saturated heterocycles. The van der Waals surface area contributed by atoms with Crippen molar-refractivity contribution in [2.75, 3.05) is 6.54 Å². The zero-order valence-corrected chi connectivity index (χ0v) is 16.1. The van der Waals surface area contributed by atoms with Gasteiger partial charge in [-0.25, -0.2) is 9.67 Å². The third-order valence-electron chi connectivity index (χ3n) is 5.82. The number of H-pyrrole nitrogens is 1. The van der Waals surface area contributed by atoms with E-state index in [-0.39, 0.29) is 30.1 Å². The van der Waals surface area contributed by atoms with Crippen LogP contribution < -0.4 is 5.56 Å². The van der Waals surface area contributed by atoms with Crippen LogP contribution in [0.5, 0.6) is 0 Å². The number of rotatable bonds is 4. The molecule has 9 nitrogen and oxygen atoms in total. The summed E-state index contributed by atoms with van der Waals surface area (Å²) in [6.07, 6.45) is 7.32. The van der Waals surface area contributed by atoms with Crippen molar-refractivity contribution in [3.8, 4) is 5.69 Å². The Morgan fingerprint density at radius 1 is 1.17 bits per heavy atom. The van der Waals surface area contributed by atoms with Gasteiger partial charge in [-0.3, -0.25) is 14.4 Å². The number of nitrogens with zero attached hydrogens (tertiary/aromatic N) is 5. The van der Waals surface area contributed by atoms with E-state index in [9.17, 15) is 14.4 Å². The minimum absolute atomic E-state index is 0.0157. The van der Waals surface area contributed by atoms with E-state index in [0.29, 0.717) is 19.5 Å². The molecule has 2 aliphatic rings. The minimum Gasteiger partial charge on any atom is -0.333 e. The van der Waals surface area contributed by atoms with Gasteiger partial charge < -0.3 is 14.8 Å². The van der Waals surface area contributed by atoms with Crippen molar-refractivity contribution >= 4 is 11.8 Å². The molecule has 4 heterocycles. The Morgan fingerprint density at radius 2 is 2.07 bits per heavy atom. The van der Waals surface area contributed by atoms with Crippen molar-refractivity contribution < 1.29 is 9.59 Å². The molecule has 3 aromatic rings. The number of carbonyl (C=O) groups excluding carboxylic acids is 2. The molecule has 152 valence electrons. The Bertz CT molecular complexity index is 1160. The van der Waals surface area contributed by atoms with E-state index >= 15 is 0 Å². The molecule has 2 aliphatic heterocycles. The van der Waals surface area contributed by atoms with E-state index < -0.39 is 11.5 Å². The van der Waals surface area contributed by atoms with Crippen molar-refractivity contribution in [1.82, 2.24) is 29.5 Å². The number of aromatic amines is 1. The summed E-state index contributed by atoms with van der Waals surface area (Å²) in [6, 6.07) is 9.47. The first-order valence-corrected chi connectivity index (χ1v) is 9.85. The highest BCUT2D eigenvalue weighted by Gasteiger charge is 2.48. The van der Waals surface area contributed by atoms with E-state index in [0.717, 1.165) is 11.3 Å². The van der Waals surface area contributed by atoms with E-state index in [1.165, 1.54) is 12.4 Å². The van der Waals surface area contributed by atoms with Crippen molar-refractivity contribution in [2.45, 2.75) is 31.5 Å². The molecule has 2 amide bonds. The van der Waals surface area contributed by atoms with Gasteiger partial charge in [-0.15, -0.1) is 0 Å². The van der Waals surface area contributed by atoms with Crippen molar-refractivity contribution in [3.63, 3.8) is 0 Å². The maximum Gasteiger partial charge on any atom is 0.279 e. The van der Waals surface area contributed by atoms with Gasteiger partial charge in [0, 0.05) is 44.3 Å². The summed E-state index contributed by atoms with van der Waals surface area (Å²) in [4.78, 5) is 47.5. The minimum atomic E-state index is -0.512. The Balaban J connectivity index is 1.35. The number of likely N-dealkylation sites (tertiary alicyclic amines) is 2. The average molecular weight is 404 g/mol.